The van der Waals surface area contributed by atoms with Gasteiger partial charge in [-0.1, -0.05) is 25.4 Å². The van der Waals surface area contributed by atoms with Gasteiger partial charge in [0.2, 0.25) is 0 Å². The lowest BCUT2D eigenvalue weighted by atomic mass is 10.0. The van der Waals surface area contributed by atoms with Gasteiger partial charge in [0.1, 0.15) is 10.6 Å². The number of likely N-dealkylation sites (N-methyl/N-ethyl adjacent to an activating group) is 1. The summed E-state index contributed by atoms with van der Waals surface area (Å²) in [5.74, 6) is 0.585. The standard InChI is InChI=1S/C21H28ClN3O4S/c1-14(2)19(25(3)4)13-23-21(26)15-6-11-18(22)20(12-15)30(27,28)24-16-7-9-17(29-5)10-8-16/h6-12,14,19,24H,13H2,1-5H3,(H,23,26). The Hall–Kier alpha value is -2.29. The molecule has 1 atom stereocenters. The molecule has 2 N–H and O–H groups in total. The fourth-order valence-corrected chi connectivity index (χ4v) is 4.62. The van der Waals surface area contributed by atoms with E-state index >= 15 is 0 Å². The van der Waals surface area contributed by atoms with Crippen LogP contribution < -0.4 is 14.8 Å². The van der Waals surface area contributed by atoms with Gasteiger partial charge in [0.15, 0.2) is 0 Å². The summed E-state index contributed by atoms with van der Waals surface area (Å²) in [5.41, 5.74) is 0.572. The third kappa shape index (κ3) is 6.10. The molecular formula is C21H28ClN3O4S. The SMILES string of the molecule is COc1ccc(NS(=O)(=O)c2cc(C(=O)NCC(C(C)C)N(C)C)ccc2Cl)cc1. The van der Waals surface area contributed by atoms with Crippen molar-refractivity contribution < 1.29 is 17.9 Å². The number of methoxy groups -OCH3 is 1. The van der Waals surface area contributed by atoms with Gasteiger partial charge in [0.25, 0.3) is 15.9 Å². The zero-order valence-electron chi connectivity index (χ0n) is 17.8. The highest BCUT2D eigenvalue weighted by atomic mass is 35.5. The first kappa shape index (κ1) is 24.0. The molecule has 0 aliphatic heterocycles. The van der Waals surface area contributed by atoms with Crippen molar-refractivity contribution in [2.75, 3.05) is 32.5 Å². The topological polar surface area (TPSA) is 87.7 Å². The monoisotopic (exact) mass is 453 g/mol. The van der Waals surface area contributed by atoms with E-state index in [4.69, 9.17) is 16.3 Å². The van der Waals surface area contributed by atoms with Crippen LogP contribution in [0.1, 0.15) is 24.2 Å². The van der Waals surface area contributed by atoms with Crippen LogP contribution in [-0.2, 0) is 10.0 Å². The first-order chi connectivity index (χ1) is 14.0. The van der Waals surface area contributed by atoms with Crippen LogP contribution in [0.4, 0.5) is 5.69 Å². The van der Waals surface area contributed by atoms with Crippen LogP contribution in [0.3, 0.4) is 0 Å². The number of amides is 1. The minimum absolute atomic E-state index is 0.0286. The molecule has 1 amide bonds. The average molecular weight is 454 g/mol. The minimum Gasteiger partial charge on any atom is -0.497 e. The Kier molecular flexibility index (Phi) is 8.11. The molecule has 0 heterocycles. The normalized spacial score (nSPS) is 12.7. The van der Waals surface area contributed by atoms with Crippen LogP contribution >= 0.6 is 11.6 Å². The van der Waals surface area contributed by atoms with Crippen molar-refractivity contribution in [3.63, 3.8) is 0 Å². The van der Waals surface area contributed by atoms with E-state index in [9.17, 15) is 13.2 Å². The molecule has 0 radical (unpaired) electrons. The van der Waals surface area contributed by atoms with Gasteiger partial charge in [-0.3, -0.25) is 9.52 Å². The summed E-state index contributed by atoms with van der Waals surface area (Å²) in [7, 11) is 1.44. The first-order valence-electron chi connectivity index (χ1n) is 9.46. The molecule has 2 aromatic rings. The Morgan fingerprint density at radius 2 is 1.77 bits per heavy atom. The molecule has 0 fully saturated rings. The fourth-order valence-electron chi connectivity index (χ4n) is 3.03. The van der Waals surface area contributed by atoms with E-state index in [1.54, 1.807) is 24.3 Å². The second kappa shape index (κ2) is 10.1. The second-order valence-electron chi connectivity index (χ2n) is 7.46. The van der Waals surface area contributed by atoms with E-state index < -0.39 is 10.0 Å². The van der Waals surface area contributed by atoms with E-state index in [1.165, 1.54) is 25.3 Å². The summed E-state index contributed by atoms with van der Waals surface area (Å²) in [4.78, 5) is 14.5. The molecule has 2 rings (SSSR count). The summed E-state index contributed by atoms with van der Waals surface area (Å²) in [6.07, 6.45) is 0. The molecule has 0 aliphatic carbocycles. The lowest BCUT2D eigenvalue weighted by molar-refractivity contribution is 0.0934. The van der Waals surface area contributed by atoms with Crippen molar-refractivity contribution in [1.29, 1.82) is 0 Å². The molecule has 9 heteroatoms. The summed E-state index contributed by atoms with van der Waals surface area (Å²) < 4.78 is 33.2. The molecule has 1 unspecified atom stereocenters. The third-order valence-electron chi connectivity index (χ3n) is 4.73. The number of halogens is 1. The fraction of sp³-hybridized carbons (Fsp3) is 0.381. The summed E-state index contributed by atoms with van der Waals surface area (Å²) >= 11 is 6.13. The van der Waals surface area contributed by atoms with Crippen molar-refractivity contribution in [3.05, 3.63) is 53.1 Å². The number of hydrogen-bond donors (Lipinski definition) is 2. The molecule has 2 aromatic carbocycles. The van der Waals surface area contributed by atoms with Crippen molar-refractivity contribution in [1.82, 2.24) is 10.2 Å². The van der Waals surface area contributed by atoms with Crippen molar-refractivity contribution in [2.45, 2.75) is 24.8 Å². The van der Waals surface area contributed by atoms with Gasteiger partial charge in [-0.15, -0.1) is 0 Å². The molecule has 164 valence electrons. The Morgan fingerprint density at radius 1 is 1.13 bits per heavy atom. The molecule has 0 spiro atoms. The van der Waals surface area contributed by atoms with Gasteiger partial charge < -0.3 is 15.0 Å². The number of benzene rings is 2. The predicted molar refractivity (Wildman–Crippen MR) is 120 cm³/mol. The molecule has 0 bridgehead atoms. The van der Waals surface area contributed by atoms with Crippen LogP contribution in [0.2, 0.25) is 5.02 Å². The lowest BCUT2D eigenvalue weighted by Gasteiger charge is -2.28. The van der Waals surface area contributed by atoms with E-state index in [2.05, 4.69) is 23.9 Å². The molecule has 0 saturated carbocycles. The summed E-state index contributed by atoms with van der Waals surface area (Å²) in [6, 6.07) is 10.8. The quantitative estimate of drug-likeness (QED) is 0.607. The largest absolute Gasteiger partial charge is 0.497 e. The molecule has 7 nitrogen and oxygen atoms in total. The van der Waals surface area contributed by atoms with Gasteiger partial charge in [-0.05, 0) is 62.5 Å². The van der Waals surface area contributed by atoms with Gasteiger partial charge >= 0.3 is 0 Å². The first-order valence-corrected chi connectivity index (χ1v) is 11.3. The Bertz CT molecular complexity index is 968. The number of carbonyl (C=O) groups excluding carboxylic acids is 1. The van der Waals surface area contributed by atoms with Crippen LogP contribution in [0.5, 0.6) is 5.75 Å². The minimum atomic E-state index is -3.99. The van der Waals surface area contributed by atoms with E-state index in [0.29, 0.717) is 23.9 Å². The summed E-state index contributed by atoms with van der Waals surface area (Å²) in [6.45, 7) is 4.60. The maximum atomic E-state index is 12.8. The highest BCUT2D eigenvalue weighted by Gasteiger charge is 2.22. The highest BCUT2D eigenvalue weighted by molar-refractivity contribution is 7.92. The van der Waals surface area contributed by atoms with E-state index in [0.717, 1.165) is 0 Å². The third-order valence-corrected chi connectivity index (χ3v) is 6.59. The predicted octanol–water partition coefficient (Wildman–Crippen LogP) is 3.47. The number of rotatable bonds is 9. The van der Waals surface area contributed by atoms with Crippen molar-refractivity contribution in [3.8, 4) is 5.75 Å². The smallest absolute Gasteiger partial charge is 0.263 e. The van der Waals surface area contributed by atoms with Crippen LogP contribution in [-0.4, -0.2) is 53.0 Å². The number of sulfonamides is 1. The number of hydrogen-bond acceptors (Lipinski definition) is 5. The second-order valence-corrected chi connectivity index (χ2v) is 9.52. The number of carbonyl (C=O) groups is 1. The van der Waals surface area contributed by atoms with Crippen molar-refractivity contribution in [2.24, 2.45) is 5.92 Å². The Morgan fingerprint density at radius 3 is 2.30 bits per heavy atom. The molecular weight excluding hydrogens is 426 g/mol. The van der Waals surface area contributed by atoms with Crippen LogP contribution in [0, 0.1) is 5.92 Å². The summed E-state index contributed by atoms with van der Waals surface area (Å²) in [5, 5.41) is 2.90. The zero-order valence-corrected chi connectivity index (χ0v) is 19.3. The van der Waals surface area contributed by atoms with Gasteiger partial charge in [0.05, 0.1) is 12.1 Å². The van der Waals surface area contributed by atoms with Gasteiger partial charge in [0, 0.05) is 23.8 Å². The molecule has 0 aliphatic rings. The highest BCUT2D eigenvalue weighted by Crippen LogP contribution is 2.26. The molecule has 0 aromatic heterocycles. The Balaban J connectivity index is 2.21. The number of anilines is 1. The van der Waals surface area contributed by atoms with Gasteiger partial charge in [-0.25, -0.2) is 8.42 Å². The van der Waals surface area contributed by atoms with E-state index in [1.807, 2.05) is 19.0 Å². The number of nitrogens with zero attached hydrogens (tertiary/aromatic N) is 1. The Labute approximate surface area is 183 Å². The molecule has 0 saturated heterocycles. The van der Waals surface area contributed by atoms with Crippen LogP contribution in [0.25, 0.3) is 0 Å². The average Bonchev–Trinajstić information content (AvgIpc) is 2.68. The lowest BCUT2D eigenvalue weighted by Crippen LogP contribution is -2.43. The van der Waals surface area contributed by atoms with Gasteiger partial charge in [-0.2, -0.15) is 0 Å². The molecule has 30 heavy (non-hydrogen) atoms. The maximum Gasteiger partial charge on any atom is 0.263 e. The zero-order chi connectivity index (χ0) is 22.5. The maximum absolute atomic E-state index is 12.8. The van der Waals surface area contributed by atoms with Crippen LogP contribution in [0.15, 0.2) is 47.4 Å². The van der Waals surface area contributed by atoms with Crippen molar-refractivity contribution >= 4 is 33.2 Å². The number of nitrogens with one attached hydrogen (secondary N) is 2. The van der Waals surface area contributed by atoms with E-state index in [-0.39, 0.29) is 27.4 Å². The number of ether oxygens (including phenoxy) is 1.